The van der Waals surface area contributed by atoms with Crippen molar-refractivity contribution in [1.29, 1.82) is 0 Å². The van der Waals surface area contributed by atoms with Crippen molar-refractivity contribution in [3.8, 4) is 44.5 Å². The van der Waals surface area contributed by atoms with Gasteiger partial charge in [-0.1, -0.05) is 178 Å². The molecule has 0 bridgehead atoms. The van der Waals surface area contributed by atoms with E-state index < -0.39 is 0 Å². The summed E-state index contributed by atoms with van der Waals surface area (Å²) in [6, 6.07) is 82.3. The fourth-order valence-corrected chi connectivity index (χ4v) is 10.7. The van der Waals surface area contributed by atoms with Gasteiger partial charge in [-0.3, -0.25) is 0 Å². The van der Waals surface area contributed by atoms with E-state index in [-0.39, 0.29) is 5.41 Å². The van der Waals surface area contributed by atoms with Crippen molar-refractivity contribution in [1.82, 2.24) is 0 Å². The number of benzene rings is 11. The molecule has 0 saturated carbocycles. The molecular formula is C63H43NO. The van der Waals surface area contributed by atoms with Crippen LogP contribution >= 0.6 is 0 Å². The van der Waals surface area contributed by atoms with Gasteiger partial charge in [-0.15, -0.1) is 0 Å². The zero-order chi connectivity index (χ0) is 43.2. The Kier molecular flexibility index (Phi) is 8.29. The Morgan fingerprint density at radius 3 is 1.49 bits per heavy atom. The fraction of sp³-hybridized carbons (Fsp3) is 0.0476. The van der Waals surface area contributed by atoms with Crippen molar-refractivity contribution in [3.63, 3.8) is 0 Å². The van der Waals surface area contributed by atoms with Crippen LogP contribution in [0.15, 0.2) is 229 Å². The van der Waals surface area contributed by atoms with E-state index in [9.17, 15) is 0 Å². The van der Waals surface area contributed by atoms with Crippen molar-refractivity contribution in [2.45, 2.75) is 19.3 Å². The standard InChI is InChI=1S/C63H43NO/c1-63(2)59-18-10-8-16-53(59)54-34-31-48(39-60(54)63)64(46-28-24-43(25-29-46)42-22-20-41(21-23-42)40-12-4-3-5-13-40)47-30-33-52-51-32-26-44(36-56(51)49-14-6-7-15-50(49)57(52)38-47)45-27-35-62-58(37-45)55-17-9-11-19-61(55)65-62/h3-39H,1-2H3. The number of para-hydroxylation sites is 1. The van der Waals surface area contributed by atoms with Gasteiger partial charge < -0.3 is 9.32 Å². The van der Waals surface area contributed by atoms with E-state index in [1.165, 1.54) is 88.0 Å². The minimum Gasteiger partial charge on any atom is -0.456 e. The van der Waals surface area contributed by atoms with Crippen LogP contribution in [-0.2, 0) is 5.41 Å². The molecule has 1 aliphatic rings. The zero-order valence-electron chi connectivity index (χ0n) is 36.2. The molecule has 13 rings (SSSR count). The Hall–Kier alpha value is -8.20. The Labute approximate surface area is 378 Å². The van der Waals surface area contributed by atoms with E-state index in [1.54, 1.807) is 0 Å². The normalized spacial score (nSPS) is 12.9. The first-order chi connectivity index (χ1) is 32.0. The van der Waals surface area contributed by atoms with E-state index in [4.69, 9.17) is 4.42 Å². The Morgan fingerprint density at radius 1 is 0.292 bits per heavy atom. The molecule has 0 N–H and O–H groups in total. The minimum atomic E-state index is -0.126. The smallest absolute Gasteiger partial charge is 0.135 e. The van der Waals surface area contributed by atoms with Crippen LogP contribution in [0.2, 0.25) is 0 Å². The molecule has 306 valence electrons. The number of fused-ring (bicyclic) bond motifs is 12. The topological polar surface area (TPSA) is 16.4 Å². The molecule has 11 aromatic carbocycles. The van der Waals surface area contributed by atoms with Gasteiger partial charge >= 0.3 is 0 Å². The van der Waals surface area contributed by atoms with Gasteiger partial charge in [0.05, 0.1) is 0 Å². The van der Waals surface area contributed by atoms with Crippen LogP contribution in [0, 0.1) is 0 Å². The maximum Gasteiger partial charge on any atom is 0.135 e. The predicted octanol–water partition coefficient (Wildman–Crippen LogP) is 17.8. The zero-order valence-corrected chi connectivity index (χ0v) is 36.2. The molecule has 0 spiro atoms. The lowest BCUT2D eigenvalue weighted by molar-refractivity contribution is 0.660. The van der Waals surface area contributed by atoms with Crippen LogP contribution in [0.1, 0.15) is 25.0 Å². The molecule has 0 atom stereocenters. The average Bonchev–Trinajstić information content (AvgIpc) is 3.85. The van der Waals surface area contributed by atoms with E-state index in [0.717, 1.165) is 39.0 Å². The number of hydrogen-bond donors (Lipinski definition) is 0. The molecule has 2 nitrogen and oxygen atoms in total. The first-order valence-corrected chi connectivity index (χ1v) is 22.6. The molecule has 0 aliphatic heterocycles. The lowest BCUT2D eigenvalue weighted by Crippen LogP contribution is -2.16. The molecule has 1 heterocycles. The van der Waals surface area contributed by atoms with Crippen LogP contribution in [0.25, 0.3) is 98.8 Å². The summed E-state index contributed by atoms with van der Waals surface area (Å²) in [5.74, 6) is 0. The molecule has 0 radical (unpaired) electrons. The third kappa shape index (κ3) is 5.95. The average molecular weight is 830 g/mol. The number of rotatable bonds is 6. The number of nitrogens with zero attached hydrogens (tertiary/aromatic N) is 1. The van der Waals surface area contributed by atoms with Gasteiger partial charge in [-0.25, -0.2) is 0 Å². The van der Waals surface area contributed by atoms with E-state index >= 15 is 0 Å². The van der Waals surface area contributed by atoms with Gasteiger partial charge in [0.2, 0.25) is 0 Å². The number of anilines is 3. The van der Waals surface area contributed by atoms with E-state index in [1.807, 2.05) is 12.1 Å². The lowest BCUT2D eigenvalue weighted by Gasteiger charge is -2.28. The van der Waals surface area contributed by atoms with Crippen LogP contribution in [0.3, 0.4) is 0 Å². The summed E-state index contributed by atoms with van der Waals surface area (Å²) in [6.45, 7) is 4.72. The minimum absolute atomic E-state index is 0.126. The largest absolute Gasteiger partial charge is 0.456 e. The molecular weight excluding hydrogens is 787 g/mol. The Bertz CT molecular complexity index is 3820. The third-order valence-electron chi connectivity index (χ3n) is 14.1. The fourth-order valence-electron chi connectivity index (χ4n) is 10.7. The molecule has 1 aromatic heterocycles. The van der Waals surface area contributed by atoms with E-state index in [2.05, 4.69) is 231 Å². The number of hydrogen-bond acceptors (Lipinski definition) is 2. The van der Waals surface area contributed by atoms with Crippen LogP contribution < -0.4 is 4.90 Å². The molecule has 0 saturated heterocycles. The molecule has 0 unspecified atom stereocenters. The van der Waals surface area contributed by atoms with Crippen molar-refractivity contribution in [2.24, 2.45) is 0 Å². The van der Waals surface area contributed by atoms with Crippen molar-refractivity contribution in [2.75, 3.05) is 4.90 Å². The summed E-state index contributed by atoms with van der Waals surface area (Å²) in [6.07, 6.45) is 0. The first-order valence-electron chi connectivity index (χ1n) is 22.6. The van der Waals surface area contributed by atoms with Gasteiger partial charge in [0.1, 0.15) is 11.2 Å². The van der Waals surface area contributed by atoms with Crippen LogP contribution in [0.4, 0.5) is 17.1 Å². The van der Waals surface area contributed by atoms with Gasteiger partial charge in [0.15, 0.2) is 0 Å². The highest BCUT2D eigenvalue weighted by Crippen LogP contribution is 2.51. The van der Waals surface area contributed by atoms with Crippen LogP contribution in [0.5, 0.6) is 0 Å². The van der Waals surface area contributed by atoms with Crippen LogP contribution in [-0.4, -0.2) is 0 Å². The predicted molar refractivity (Wildman–Crippen MR) is 275 cm³/mol. The van der Waals surface area contributed by atoms with Crippen molar-refractivity contribution < 1.29 is 4.42 Å². The molecule has 2 heteroatoms. The second kappa shape index (κ2) is 14.4. The SMILES string of the molecule is CC1(C)c2ccccc2-c2ccc(N(c3ccc(-c4ccc(-c5ccccc5)cc4)cc3)c3ccc4c5ccc(-c6ccc7oc8ccccc8c7c6)cc5c5ccccc5c4c3)cc21. The Balaban J connectivity index is 0.949. The summed E-state index contributed by atoms with van der Waals surface area (Å²) in [5, 5.41) is 9.74. The highest BCUT2D eigenvalue weighted by Gasteiger charge is 2.35. The van der Waals surface area contributed by atoms with E-state index in [0.29, 0.717) is 0 Å². The maximum atomic E-state index is 6.18. The van der Waals surface area contributed by atoms with Crippen molar-refractivity contribution in [3.05, 3.63) is 236 Å². The lowest BCUT2D eigenvalue weighted by atomic mass is 9.82. The molecule has 12 aromatic rings. The quantitative estimate of drug-likeness (QED) is 0.155. The van der Waals surface area contributed by atoms with Gasteiger partial charge in [-0.05, 0) is 149 Å². The maximum absolute atomic E-state index is 6.18. The molecule has 0 amide bonds. The molecule has 0 fully saturated rings. The first kappa shape index (κ1) is 37.4. The second-order valence-electron chi connectivity index (χ2n) is 18.1. The van der Waals surface area contributed by atoms with Gasteiger partial charge in [-0.2, -0.15) is 0 Å². The summed E-state index contributed by atoms with van der Waals surface area (Å²) in [7, 11) is 0. The summed E-state index contributed by atoms with van der Waals surface area (Å²) in [4.78, 5) is 2.44. The Morgan fingerprint density at radius 2 is 0.754 bits per heavy atom. The summed E-state index contributed by atoms with van der Waals surface area (Å²) < 4.78 is 6.18. The summed E-state index contributed by atoms with van der Waals surface area (Å²) >= 11 is 0. The van der Waals surface area contributed by atoms with Gasteiger partial charge in [0.25, 0.3) is 0 Å². The molecule has 1 aliphatic carbocycles. The monoisotopic (exact) mass is 829 g/mol. The highest BCUT2D eigenvalue weighted by atomic mass is 16.3. The number of furan rings is 1. The second-order valence-corrected chi connectivity index (χ2v) is 18.1. The summed E-state index contributed by atoms with van der Waals surface area (Å²) in [5.41, 5.74) is 17.6. The van der Waals surface area contributed by atoms with Crippen molar-refractivity contribution >= 4 is 71.3 Å². The highest BCUT2D eigenvalue weighted by molar-refractivity contribution is 6.26. The molecule has 65 heavy (non-hydrogen) atoms. The third-order valence-corrected chi connectivity index (χ3v) is 14.1. The van der Waals surface area contributed by atoms with Gasteiger partial charge in [0, 0.05) is 33.2 Å².